The van der Waals surface area contributed by atoms with Gasteiger partial charge < -0.3 is 11.5 Å². The van der Waals surface area contributed by atoms with Crippen molar-refractivity contribution in [3.8, 4) is 0 Å². The van der Waals surface area contributed by atoms with E-state index in [-0.39, 0.29) is 24.4 Å². The molecule has 8 heteroatoms. The summed E-state index contributed by atoms with van der Waals surface area (Å²) in [7, 11) is 0. The average molecular weight is 353 g/mol. The van der Waals surface area contributed by atoms with Gasteiger partial charge in [-0.1, -0.05) is 0 Å². The smallest absolute Gasteiger partial charge is 0.157 e. The first-order chi connectivity index (χ1) is 11.9. The normalized spacial score (nSPS) is 33.5. The zero-order valence-electron chi connectivity index (χ0n) is 13.8. The van der Waals surface area contributed by atoms with Crippen molar-refractivity contribution in [3.05, 3.63) is 34.8 Å². The molecule has 0 spiro atoms. The number of H-pyrrole nitrogens is 1. The van der Waals surface area contributed by atoms with Gasteiger partial charge in [0.05, 0.1) is 5.69 Å². The van der Waals surface area contributed by atoms with E-state index in [0.717, 1.165) is 30.8 Å². The van der Waals surface area contributed by atoms with Crippen molar-refractivity contribution in [2.24, 2.45) is 17.6 Å². The highest BCUT2D eigenvalue weighted by Crippen LogP contribution is 2.43. The van der Waals surface area contributed by atoms with E-state index in [1.165, 1.54) is 0 Å². The lowest BCUT2D eigenvalue weighted by atomic mass is 9.72. The number of nitrogens with zero attached hydrogens (tertiary/aromatic N) is 2. The Morgan fingerprint density at radius 1 is 1.20 bits per heavy atom. The topological polar surface area (TPSA) is 84.0 Å². The van der Waals surface area contributed by atoms with Gasteiger partial charge in [0.2, 0.25) is 0 Å². The molecule has 2 unspecified atom stereocenters. The fourth-order valence-electron chi connectivity index (χ4n) is 4.53. The van der Waals surface area contributed by atoms with Crippen LogP contribution in [-0.2, 0) is 13.1 Å². The first kappa shape index (κ1) is 16.7. The fourth-order valence-corrected chi connectivity index (χ4v) is 4.53. The minimum Gasteiger partial charge on any atom is -0.382 e. The minimum absolute atomic E-state index is 0.168. The van der Waals surface area contributed by atoms with Crippen LogP contribution >= 0.6 is 0 Å². The van der Waals surface area contributed by atoms with Crippen LogP contribution < -0.4 is 11.5 Å². The van der Waals surface area contributed by atoms with Crippen LogP contribution in [0.4, 0.5) is 19.0 Å². The number of hydrogen-bond acceptors (Lipinski definition) is 4. The molecule has 0 radical (unpaired) electrons. The van der Waals surface area contributed by atoms with E-state index in [9.17, 15) is 13.2 Å². The highest BCUT2D eigenvalue weighted by molar-refractivity contribution is 5.44. The maximum atomic E-state index is 14.1. The van der Waals surface area contributed by atoms with Crippen molar-refractivity contribution >= 4 is 5.82 Å². The maximum absolute atomic E-state index is 14.1. The summed E-state index contributed by atoms with van der Waals surface area (Å²) >= 11 is 0. The second-order valence-electron chi connectivity index (χ2n) is 7.36. The highest BCUT2D eigenvalue weighted by Gasteiger charge is 2.40. The van der Waals surface area contributed by atoms with Gasteiger partial charge in [0.15, 0.2) is 5.83 Å². The van der Waals surface area contributed by atoms with Gasteiger partial charge in [-0.3, -0.25) is 10.00 Å². The SMILES string of the molecule is Nc1n[nH]c2c1CN([C@H]1CC[C@H](C3CC(F)=C(F)C=C3F)C(N)C1)C2. The standard InChI is InChI=1S/C17H22F3N5/c18-12-5-14(20)13(19)4-10(12)9-2-1-8(3-15(9)21)25-6-11-16(7-25)23-24-17(11)22/h5,8-10,15H,1-4,6-7,21H2,(H3,22,23,24)/t8-,9+,10?,15?/m0/s1. The van der Waals surface area contributed by atoms with E-state index in [0.29, 0.717) is 24.7 Å². The molecule has 0 aromatic carbocycles. The summed E-state index contributed by atoms with van der Waals surface area (Å²) in [5.74, 6) is -2.84. The molecule has 2 aliphatic carbocycles. The van der Waals surface area contributed by atoms with Crippen LogP contribution in [0.2, 0.25) is 0 Å². The number of fused-ring (bicyclic) bond motifs is 1. The number of rotatable bonds is 2. The molecule has 0 bridgehead atoms. The van der Waals surface area contributed by atoms with Gasteiger partial charge in [-0.15, -0.1) is 0 Å². The molecule has 1 fully saturated rings. The first-order valence-corrected chi connectivity index (χ1v) is 8.66. The van der Waals surface area contributed by atoms with Crippen molar-refractivity contribution in [3.63, 3.8) is 0 Å². The van der Waals surface area contributed by atoms with Gasteiger partial charge in [-0.2, -0.15) is 5.10 Å². The lowest BCUT2D eigenvalue weighted by Gasteiger charge is -2.41. The summed E-state index contributed by atoms with van der Waals surface area (Å²) in [6, 6.07) is 0.0329. The third-order valence-corrected chi connectivity index (χ3v) is 5.94. The number of aromatic amines is 1. The van der Waals surface area contributed by atoms with Crippen molar-refractivity contribution in [2.45, 2.75) is 50.9 Å². The molecule has 3 aliphatic rings. The van der Waals surface area contributed by atoms with Gasteiger partial charge in [0.1, 0.15) is 17.5 Å². The zero-order valence-corrected chi connectivity index (χ0v) is 13.8. The van der Waals surface area contributed by atoms with Crippen molar-refractivity contribution in [1.82, 2.24) is 15.1 Å². The summed E-state index contributed by atoms with van der Waals surface area (Å²) in [5, 5.41) is 6.96. The molecule has 5 N–H and O–H groups in total. The molecule has 0 amide bonds. The molecule has 2 heterocycles. The van der Waals surface area contributed by atoms with Crippen molar-refractivity contribution in [1.29, 1.82) is 0 Å². The zero-order chi connectivity index (χ0) is 17.7. The Bertz CT molecular complexity index is 741. The number of anilines is 1. The minimum atomic E-state index is -1.10. The first-order valence-electron chi connectivity index (χ1n) is 8.66. The Hall–Kier alpha value is -1.80. The van der Waals surface area contributed by atoms with Crippen LogP contribution in [0.1, 0.15) is 36.9 Å². The van der Waals surface area contributed by atoms with Crippen molar-refractivity contribution < 1.29 is 13.2 Å². The van der Waals surface area contributed by atoms with Crippen LogP contribution in [0.15, 0.2) is 23.6 Å². The molecule has 4 rings (SSSR count). The Morgan fingerprint density at radius 2 is 2.00 bits per heavy atom. The molecule has 4 atom stereocenters. The number of allylic oxidation sites excluding steroid dienone is 4. The predicted molar refractivity (Wildman–Crippen MR) is 87.9 cm³/mol. The van der Waals surface area contributed by atoms with Gasteiger partial charge >= 0.3 is 0 Å². The predicted octanol–water partition coefficient (Wildman–Crippen LogP) is 2.83. The van der Waals surface area contributed by atoms with Gasteiger partial charge in [0, 0.05) is 49.2 Å². The Balaban J connectivity index is 1.41. The second-order valence-corrected chi connectivity index (χ2v) is 7.36. The van der Waals surface area contributed by atoms with E-state index >= 15 is 0 Å². The van der Waals surface area contributed by atoms with Gasteiger partial charge in [-0.25, -0.2) is 13.2 Å². The molecule has 1 aromatic rings. The van der Waals surface area contributed by atoms with E-state index in [1.807, 2.05) is 0 Å². The molecular weight excluding hydrogens is 331 g/mol. The van der Waals surface area contributed by atoms with Gasteiger partial charge in [-0.05, 0) is 25.2 Å². The number of nitrogen functional groups attached to an aromatic ring is 1. The fraction of sp³-hybridized carbons (Fsp3) is 0.588. The largest absolute Gasteiger partial charge is 0.382 e. The average Bonchev–Trinajstić information content (AvgIpc) is 3.14. The highest BCUT2D eigenvalue weighted by atomic mass is 19.2. The number of halogens is 3. The van der Waals surface area contributed by atoms with Crippen LogP contribution in [0.25, 0.3) is 0 Å². The molecule has 25 heavy (non-hydrogen) atoms. The monoisotopic (exact) mass is 353 g/mol. The number of nitrogens with one attached hydrogen (secondary N) is 1. The molecular formula is C17H22F3N5. The van der Waals surface area contributed by atoms with E-state index < -0.39 is 23.4 Å². The lowest BCUT2D eigenvalue weighted by Crippen LogP contribution is -2.47. The Morgan fingerprint density at radius 3 is 2.72 bits per heavy atom. The van der Waals surface area contributed by atoms with E-state index in [1.54, 1.807) is 0 Å². The lowest BCUT2D eigenvalue weighted by molar-refractivity contribution is 0.0987. The molecule has 1 aliphatic heterocycles. The van der Waals surface area contributed by atoms with E-state index in [2.05, 4.69) is 15.1 Å². The summed E-state index contributed by atoms with van der Waals surface area (Å²) in [6.45, 7) is 1.49. The summed E-state index contributed by atoms with van der Waals surface area (Å²) < 4.78 is 40.9. The van der Waals surface area contributed by atoms with Crippen LogP contribution in [0.5, 0.6) is 0 Å². The van der Waals surface area contributed by atoms with E-state index in [4.69, 9.17) is 11.5 Å². The van der Waals surface area contributed by atoms with Gasteiger partial charge in [0.25, 0.3) is 0 Å². The second kappa shape index (κ2) is 6.17. The molecule has 5 nitrogen and oxygen atoms in total. The van der Waals surface area contributed by atoms with Crippen molar-refractivity contribution in [2.75, 3.05) is 5.73 Å². The molecule has 1 aromatic heterocycles. The Labute approximate surface area is 143 Å². The third kappa shape index (κ3) is 2.87. The Kier molecular flexibility index (Phi) is 4.11. The third-order valence-electron chi connectivity index (χ3n) is 5.94. The van der Waals surface area contributed by atoms with Crippen LogP contribution in [0, 0.1) is 11.8 Å². The molecule has 136 valence electrons. The summed E-state index contributed by atoms with van der Waals surface area (Å²) in [6.07, 6.45) is 2.71. The molecule has 1 saturated carbocycles. The van der Waals surface area contributed by atoms with Crippen LogP contribution in [0.3, 0.4) is 0 Å². The quantitative estimate of drug-likeness (QED) is 0.763. The number of nitrogens with two attached hydrogens (primary N) is 2. The number of hydrogen-bond donors (Lipinski definition) is 3. The number of aromatic nitrogens is 2. The molecule has 0 saturated heterocycles. The summed E-state index contributed by atoms with van der Waals surface area (Å²) in [4.78, 5) is 2.31. The maximum Gasteiger partial charge on any atom is 0.157 e. The summed E-state index contributed by atoms with van der Waals surface area (Å²) in [5.41, 5.74) is 14.3. The van der Waals surface area contributed by atoms with Crippen LogP contribution in [-0.4, -0.2) is 27.2 Å².